The molecular formula is C18H20ClN5. The van der Waals surface area contributed by atoms with Crippen molar-refractivity contribution in [3.05, 3.63) is 47.0 Å². The molecule has 1 aliphatic carbocycles. The van der Waals surface area contributed by atoms with Crippen LogP contribution in [0.4, 0.5) is 5.82 Å². The zero-order valence-corrected chi connectivity index (χ0v) is 14.4. The Morgan fingerprint density at radius 2 is 2.00 bits per heavy atom. The first-order valence-electron chi connectivity index (χ1n) is 8.41. The highest BCUT2D eigenvalue weighted by Gasteiger charge is 2.21. The van der Waals surface area contributed by atoms with E-state index in [1.54, 1.807) is 0 Å². The van der Waals surface area contributed by atoms with Gasteiger partial charge >= 0.3 is 0 Å². The third-order valence-corrected chi connectivity index (χ3v) is 4.99. The van der Waals surface area contributed by atoms with Crippen LogP contribution in [0.2, 0.25) is 5.28 Å². The summed E-state index contributed by atoms with van der Waals surface area (Å²) in [6.07, 6.45) is 6.77. The largest absolute Gasteiger partial charge is 0.364 e. The molecule has 2 aromatic heterocycles. The molecule has 1 aromatic carbocycles. The summed E-state index contributed by atoms with van der Waals surface area (Å²) < 4.78 is 2.16. The summed E-state index contributed by atoms with van der Waals surface area (Å²) in [5, 5.41) is 3.64. The number of hydrogen-bond acceptors (Lipinski definition) is 4. The number of aromatic nitrogens is 4. The molecule has 124 valence electrons. The van der Waals surface area contributed by atoms with Crippen LogP contribution in [0.25, 0.3) is 11.2 Å². The maximum atomic E-state index is 6.17. The maximum absolute atomic E-state index is 6.17. The molecular weight excluding hydrogens is 322 g/mol. The number of imidazole rings is 1. The third-order valence-electron chi connectivity index (χ3n) is 4.82. The molecule has 0 amide bonds. The normalized spacial score (nSPS) is 15.2. The first kappa shape index (κ1) is 15.4. The molecule has 1 fully saturated rings. The molecule has 2 heterocycles. The van der Waals surface area contributed by atoms with E-state index in [4.69, 9.17) is 11.6 Å². The summed E-state index contributed by atoms with van der Waals surface area (Å²) in [6, 6.07) is 8.78. The average Bonchev–Trinajstić information content (AvgIpc) is 3.22. The Morgan fingerprint density at radius 1 is 1.21 bits per heavy atom. The van der Waals surface area contributed by atoms with Crippen LogP contribution < -0.4 is 5.32 Å². The smallest absolute Gasteiger partial charge is 0.226 e. The van der Waals surface area contributed by atoms with Gasteiger partial charge in [0, 0.05) is 12.6 Å². The lowest BCUT2D eigenvalue weighted by molar-refractivity contribution is 0.529. The van der Waals surface area contributed by atoms with Crippen LogP contribution >= 0.6 is 11.6 Å². The predicted molar refractivity (Wildman–Crippen MR) is 96.3 cm³/mol. The van der Waals surface area contributed by atoms with Crippen LogP contribution in [-0.2, 0) is 6.54 Å². The molecule has 0 saturated heterocycles. The lowest BCUT2D eigenvalue weighted by Crippen LogP contribution is -2.07. The van der Waals surface area contributed by atoms with Gasteiger partial charge in [0.1, 0.15) is 0 Å². The lowest BCUT2D eigenvalue weighted by Gasteiger charge is -2.12. The molecule has 0 radical (unpaired) electrons. The topological polar surface area (TPSA) is 55.6 Å². The molecule has 24 heavy (non-hydrogen) atoms. The second kappa shape index (κ2) is 6.40. The Bertz CT molecular complexity index is 867. The van der Waals surface area contributed by atoms with E-state index in [9.17, 15) is 0 Å². The van der Waals surface area contributed by atoms with Crippen molar-refractivity contribution in [3.8, 4) is 0 Å². The van der Waals surface area contributed by atoms with Gasteiger partial charge in [0.15, 0.2) is 17.0 Å². The summed E-state index contributed by atoms with van der Waals surface area (Å²) in [6.45, 7) is 2.79. The fourth-order valence-electron chi connectivity index (χ4n) is 3.45. The minimum atomic E-state index is 0.259. The fourth-order valence-corrected chi connectivity index (χ4v) is 3.61. The zero-order valence-electron chi connectivity index (χ0n) is 13.7. The summed E-state index contributed by atoms with van der Waals surface area (Å²) in [4.78, 5) is 13.3. The number of nitrogens with one attached hydrogen (secondary N) is 1. The Kier molecular flexibility index (Phi) is 4.10. The van der Waals surface area contributed by atoms with Crippen LogP contribution in [0.3, 0.4) is 0 Å². The number of halogens is 1. The summed E-state index contributed by atoms with van der Waals surface area (Å²) in [5.41, 5.74) is 4.10. The number of anilines is 1. The van der Waals surface area contributed by atoms with Gasteiger partial charge in [0.25, 0.3) is 0 Å². The molecule has 5 nitrogen and oxygen atoms in total. The summed E-state index contributed by atoms with van der Waals surface area (Å²) in [7, 11) is 0. The fraction of sp³-hybridized carbons (Fsp3) is 0.389. The summed E-state index contributed by atoms with van der Waals surface area (Å²) >= 11 is 6.17. The van der Waals surface area contributed by atoms with E-state index in [-0.39, 0.29) is 5.28 Å². The number of hydrogen-bond donors (Lipinski definition) is 1. The van der Waals surface area contributed by atoms with Crippen molar-refractivity contribution in [1.82, 2.24) is 19.5 Å². The third kappa shape index (κ3) is 2.84. The first-order valence-corrected chi connectivity index (χ1v) is 8.78. The molecule has 6 heteroatoms. The number of benzene rings is 1. The molecule has 0 atom stereocenters. The van der Waals surface area contributed by atoms with Crippen LogP contribution in [0, 0.1) is 6.92 Å². The number of rotatable bonds is 4. The minimum absolute atomic E-state index is 0.259. The molecule has 1 saturated carbocycles. The zero-order chi connectivity index (χ0) is 16.5. The molecule has 0 aliphatic heterocycles. The van der Waals surface area contributed by atoms with Gasteiger partial charge in [-0.25, -0.2) is 4.98 Å². The van der Waals surface area contributed by atoms with Gasteiger partial charge in [0.05, 0.1) is 6.33 Å². The Balaban J connectivity index is 1.66. The van der Waals surface area contributed by atoms with Crippen LogP contribution in [-0.4, -0.2) is 19.5 Å². The second-order valence-electron chi connectivity index (χ2n) is 6.38. The van der Waals surface area contributed by atoms with Gasteiger partial charge in [-0.15, -0.1) is 0 Å². The Morgan fingerprint density at radius 3 is 2.79 bits per heavy atom. The van der Waals surface area contributed by atoms with Gasteiger partial charge in [-0.1, -0.05) is 37.1 Å². The maximum Gasteiger partial charge on any atom is 0.226 e. The number of aryl methyl sites for hydroxylation is 1. The van der Waals surface area contributed by atoms with Crippen molar-refractivity contribution in [3.63, 3.8) is 0 Å². The van der Waals surface area contributed by atoms with Gasteiger partial charge in [0.2, 0.25) is 5.28 Å². The van der Waals surface area contributed by atoms with E-state index in [0.29, 0.717) is 18.4 Å². The average molecular weight is 342 g/mol. The van der Waals surface area contributed by atoms with E-state index >= 15 is 0 Å². The van der Waals surface area contributed by atoms with Crippen molar-refractivity contribution in [2.45, 2.75) is 45.2 Å². The van der Waals surface area contributed by atoms with Crippen molar-refractivity contribution in [2.75, 3.05) is 5.32 Å². The van der Waals surface area contributed by atoms with Crippen LogP contribution in [0.5, 0.6) is 0 Å². The predicted octanol–water partition coefficient (Wildman–Crippen LogP) is 4.52. The van der Waals surface area contributed by atoms with E-state index in [1.807, 2.05) is 18.5 Å². The van der Waals surface area contributed by atoms with Gasteiger partial charge in [-0.3, -0.25) is 0 Å². The SMILES string of the molecule is Cc1ccccc1CNc1nc(Cl)nc2c1ncn2C1CCCC1. The highest BCUT2D eigenvalue weighted by Crippen LogP contribution is 2.33. The van der Waals surface area contributed by atoms with Crippen molar-refractivity contribution in [1.29, 1.82) is 0 Å². The van der Waals surface area contributed by atoms with E-state index < -0.39 is 0 Å². The second-order valence-corrected chi connectivity index (χ2v) is 6.72. The highest BCUT2D eigenvalue weighted by molar-refractivity contribution is 6.28. The Labute approximate surface area is 146 Å². The quantitative estimate of drug-likeness (QED) is 0.709. The van der Waals surface area contributed by atoms with E-state index in [2.05, 4.69) is 43.9 Å². The minimum Gasteiger partial charge on any atom is -0.364 e. The van der Waals surface area contributed by atoms with Crippen molar-refractivity contribution in [2.24, 2.45) is 0 Å². The summed E-state index contributed by atoms with van der Waals surface area (Å²) in [5.74, 6) is 0.699. The van der Waals surface area contributed by atoms with Crippen LogP contribution in [0.1, 0.15) is 42.9 Å². The van der Waals surface area contributed by atoms with Crippen molar-refractivity contribution < 1.29 is 0 Å². The Hall–Kier alpha value is -2.14. The highest BCUT2D eigenvalue weighted by atomic mass is 35.5. The van der Waals surface area contributed by atoms with Gasteiger partial charge < -0.3 is 9.88 Å². The first-order chi connectivity index (χ1) is 11.7. The van der Waals surface area contributed by atoms with Gasteiger partial charge in [-0.05, 0) is 42.5 Å². The monoisotopic (exact) mass is 341 g/mol. The molecule has 4 rings (SSSR count). The lowest BCUT2D eigenvalue weighted by atomic mass is 10.1. The van der Waals surface area contributed by atoms with Gasteiger partial charge in [-0.2, -0.15) is 9.97 Å². The number of nitrogens with zero attached hydrogens (tertiary/aromatic N) is 4. The van der Waals surface area contributed by atoms with E-state index in [0.717, 1.165) is 11.2 Å². The molecule has 0 unspecified atom stereocenters. The van der Waals surface area contributed by atoms with Crippen LogP contribution in [0.15, 0.2) is 30.6 Å². The molecule has 1 aliphatic rings. The van der Waals surface area contributed by atoms with Crippen molar-refractivity contribution >= 4 is 28.6 Å². The van der Waals surface area contributed by atoms with E-state index in [1.165, 1.54) is 36.8 Å². The molecule has 0 spiro atoms. The molecule has 1 N–H and O–H groups in total. The molecule has 0 bridgehead atoms. The standard InChI is InChI=1S/C18H20ClN5/c1-12-6-2-3-7-13(12)10-20-16-15-17(23-18(19)22-16)24(11-21-15)14-8-4-5-9-14/h2-3,6-7,11,14H,4-5,8-10H2,1H3,(H,20,22,23). The number of fused-ring (bicyclic) bond motifs is 1. The molecule has 3 aromatic rings.